The highest BCUT2D eigenvalue weighted by Gasteiger charge is 2.30. The third-order valence-corrected chi connectivity index (χ3v) is 9.56. The van der Waals surface area contributed by atoms with Crippen LogP contribution in [0.15, 0.2) is 48.7 Å². The zero-order valence-electron chi connectivity index (χ0n) is 22.2. The summed E-state index contributed by atoms with van der Waals surface area (Å²) >= 11 is 1.46. The molecule has 0 bridgehead atoms. The number of carboxylic acid groups (broad SMARTS) is 1. The molecule has 7 heteroatoms. The zero-order chi connectivity index (χ0) is 26.5. The molecule has 0 atom stereocenters. The van der Waals surface area contributed by atoms with Gasteiger partial charge in [0.2, 0.25) is 0 Å². The Morgan fingerprint density at radius 1 is 1.03 bits per heavy atom. The molecule has 0 unspecified atom stereocenters. The molecule has 6 nitrogen and oxygen atoms in total. The van der Waals surface area contributed by atoms with Crippen LogP contribution in [-0.2, 0) is 6.54 Å². The van der Waals surface area contributed by atoms with Gasteiger partial charge in [-0.2, -0.15) is 0 Å². The molecule has 1 aromatic carbocycles. The van der Waals surface area contributed by atoms with Crippen molar-refractivity contribution >= 4 is 44.1 Å². The Balaban J connectivity index is 1.47. The van der Waals surface area contributed by atoms with Gasteiger partial charge in [0, 0.05) is 30.2 Å². The molecule has 1 aliphatic heterocycles. The number of nitrogens with zero attached hydrogens (tertiary/aromatic N) is 3. The van der Waals surface area contributed by atoms with E-state index in [9.17, 15) is 9.90 Å². The molecule has 2 N–H and O–H groups in total. The third kappa shape index (κ3) is 4.20. The molecular formula is C32H32N4O2S. The number of aryl methyl sites for hydroxylation is 2. The van der Waals surface area contributed by atoms with Crippen molar-refractivity contribution in [3.8, 4) is 22.6 Å². The summed E-state index contributed by atoms with van der Waals surface area (Å²) in [6.45, 7) is 3.86. The van der Waals surface area contributed by atoms with E-state index in [1.54, 1.807) is 0 Å². The summed E-state index contributed by atoms with van der Waals surface area (Å²) in [7, 11) is 0. The van der Waals surface area contributed by atoms with Gasteiger partial charge in [-0.25, -0.2) is 9.78 Å². The van der Waals surface area contributed by atoms with Gasteiger partial charge in [0.15, 0.2) is 0 Å². The molecule has 7 rings (SSSR count). The van der Waals surface area contributed by atoms with Crippen molar-refractivity contribution in [2.24, 2.45) is 0 Å². The molecule has 1 aliphatic carbocycles. The fraction of sp³-hybridized carbons (Fsp3) is 0.344. The van der Waals surface area contributed by atoms with Crippen molar-refractivity contribution in [2.75, 3.05) is 11.9 Å². The van der Waals surface area contributed by atoms with Crippen molar-refractivity contribution in [3.05, 3.63) is 64.7 Å². The second-order valence-electron chi connectivity index (χ2n) is 11.0. The molecule has 4 aromatic heterocycles. The van der Waals surface area contributed by atoms with Gasteiger partial charge in [-0.05, 0) is 92.1 Å². The molecule has 5 heterocycles. The first-order chi connectivity index (χ1) is 19.1. The molecule has 0 radical (unpaired) electrons. The summed E-state index contributed by atoms with van der Waals surface area (Å²) < 4.78 is 3.60. The van der Waals surface area contributed by atoms with Crippen molar-refractivity contribution < 1.29 is 9.90 Å². The lowest BCUT2D eigenvalue weighted by Gasteiger charge is -2.24. The zero-order valence-corrected chi connectivity index (χ0v) is 23.0. The van der Waals surface area contributed by atoms with Crippen LogP contribution in [0.5, 0.6) is 0 Å². The highest BCUT2D eigenvalue weighted by atomic mass is 32.1. The number of fused-ring (bicyclic) bond motifs is 7. The number of hydrogen-bond acceptors (Lipinski definition) is 5. The standard InChI is InChI=1S/C32H32N4O2S/c1-19-13-15-33-25(17-19)24-12-9-21-23(35-24)11-10-22-29(21)34-14-5-6-16-36-26-18-27(32(37)38)39-31(26)28(30(22)36)20-7-3-2-4-8-20/h9-13,15,17-18,20,34H,2-8,14,16H2,1H3,(H,37,38). The van der Waals surface area contributed by atoms with E-state index in [2.05, 4.69) is 52.1 Å². The van der Waals surface area contributed by atoms with E-state index in [0.29, 0.717) is 10.8 Å². The number of nitrogens with one attached hydrogen (secondary N) is 1. The average Bonchev–Trinajstić information content (AvgIpc) is 3.52. The van der Waals surface area contributed by atoms with Gasteiger partial charge in [0.05, 0.1) is 38.5 Å². The molecule has 2 aliphatic rings. The van der Waals surface area contributed by atoms with Gasteiger partial charge in [-0.15, -0.1) is 11.3 Å². The number of carboxylic acids is 1. The van der Waals surface area contributed by atoms with Gasteiger partial charge < -0.3 is 15.0 Å². The van der Waals surface area contributed by atoms with E-state index >= 15 is 0 Å². The Hall–Kier alpha value is -3.71. The Bertz CT molecular complexity index is 1730. The number of aromatic carboxylic acids is 1. The number of anilines is 1. The van der Waals surface area contributed by atoms with Gasteiger partial charge in [-0.1, -0.05) is 19.3 Å². The lowest BCUT2D eigenvalue weighted by atomic mass is 9.82. The van der Waals surface area contributed by atoms with Gasteiger partial charge in [-0.3, -0.25) is 4.98 Å². The summed E-state index contributed by atoms with van der Waals surface area (Å²) in [5.74, 6) is -0.378. The second-order valence-corrected chi connectivity index (χ2v) is 12.0. The third-order valence-electron chi connectivity index (χ3n) is 8.41. The minimum absolute atomic E-state index is 0.436. The van der Waals surface area contributed by atoms with Gasteiger partial charge in [0.25, 0.3) is 0 Å². The molecule has 1 fully saturated rings. The van der Waals surface area contributed by atoms with Crippen LogP contribution < -0.4 is 5.32 Å². The van der Waals surface area contributed by atoms with Crippen molar-refractivity contribution in [1.29, 1.82) is 0 Å². The highest BCUT2D eigenvalue weighted by molar-refractivity contribution is 7.21. The molecule has 0 spiro atoms. The quantitative estimate of drug-likeness (QED) is 0.243. The molecule has 0 saturated heterocycles. The maximum absolute atomic E-state index is 12.0. The fourth-order valence-corrected chi connectivity index (χ4v) is 7.69. The number of aromatic nitrogens is 3. The topological polar surface area (TPSA) is 80.0 Å². The monoisotopic (exact) mass is 536 g/mol. The smallest absolute Gasteiger partial charge is 0.345 e. The Morgan fingerprint density at radius 3 is 2.72 bits per heavy atom. The molecule has 1 saturated carbocycles. The van der Waals surface area contributed by atoms with E-state index in [-0.39, 0.29) is 0 Å². The average molecular weight is 537 g/mol. The van der Waals surface area contributed by atoms with Gasteiger partial charge >= 0.3 is 5.97 Å². The van der Waals surface area contributed by atoms with Crippen LogP contribution in [0, 0.1) is 6.92 Å². The number of carbonyl (C=O) groups is 1. The predicted octanol–water partition coefficient (Wildman–Crippen LogP) is 8.24. The summed E-state index contributed by atoms with van der Waals surface area (Å²) in [6.07, 6.45) is 10.0. The van der Waals surface area contributed by atoms with Crippen LogP contribution in [0.1, 0.15) is 71.7 Å². The number of thiophene rings is 1. The Labute approximate surface area is 231 Å². The van der Waals surface area contributed by atoms with Crippen molar-refractivity contribution in [1.82, 2.24) is 14.5 Å². The maximum Gasteiger partial charge on any atom is 0.345 e. The van der Waals surface area contributed by atoms with E-state index < -0.39 is 5.97 Å². The van der Waals surface area contributed by atoms with E-state index in [4.69, 9.17) is 4.98 Å². The van der Waals surface area contributed by atoms with Crippen LogP contribution in [0.2, 0.25) is 0 Å². The van der Waals surface area contributed by atoms with Crippen LogP contribution in [0.4, 0.5) is 5.69 Å². The number of benzene rings is 1. The second kappa shape index (κ2) is 9.79. The highest BCUT2D eigenvalue weighted by Crippen LogP contribution is 2.49. The van der Waals surface area contributed by atoms with E-state index in [0.717, 1.165) is 72.3 Å². The van der Waals surface area contributed by atoms with Crippen LogP contribution in [0.3, 0.4) is 0 Å². The molecule has 5 aromatic rings. The first kappa shape index (κ1) is 24.3. The minimum atomic E-state index is -0.832. The van der Waals surface area contributed by atoms with E-state index in [1.165, 1.54) is 57.7 Å². The largest absolute Gasteiger partial charge is 0.477 e. The first-order valence-electron chi connectivity index (χ1n) is 14.1. The van der Waals surface area contributed by atoms with Crippen LogP contribution >= 0.6 is 11.3 Å². The van der Waals surface area contributed by atoms with Crippen LogP contribution in [0.25, 0.3) is 43.8 Å². The molecule has 39 heavy (non-hydrogen) atoms. The van der Waals surface area contributed by atoms with Crippen molar-refractivity contribution in [3.63, 3.8) is 0 Å². The summed E-state index contributed by atoms with van der Waals surface area (Å²) in [4.78, 5) is 22.0. The van der Waals surface area contributed by atoms with Crippen molar-refractivity contribution in [2.45, 2.75) is 64.3 Å². The lowest BCUT2D eigenvalue weighted by molar-refractivity contribution is 0.0702. The predicted molar refractivity (Wildman–Crippen MR) is 159 cm³/mol. The SMILES string of the molecule is Cc1ccnc(-c2ccc3c4c(ccc3n2)-c2c(C3CCCCC3)c3sc(C(=O)O)cc3n2CCCCN4)c1. The summed E-state index contributed by atoms with van der Waals surface area (Å²) in [6, 6.07) is 14.6. The fourth-order valence-electron chi connectivity index (χ4n) is 6.57. The van der Waals surface area contributed by atoms with E-state index in [1.807, 2.05) is 18.3 Å². The normalized spacial score (nSPS) is 16.2. The molecule has 198 valence electrons. The first-order valence-corrected chi connectivity index (χ1v) is 14.9. The molecular weight excluding hydrogens is 504 g/mol. The number of hydrogen-bond donors (Lipinski definition) is 2. The Kier molecular flexibility index (Phi) is 6.11. The number of rotatable bonds is 3. The minimum Gasteiger partial charge on any atom is -0.477 e. The Morgan fingerprint density at radius 2 is 1.90 bits per heavy atom. The van der Waals surface area contributed by atoms with Crippen LogP contribution in [-0.4, -0.2) is 32.2 Å². The van der Waals surface area contributed by atoms with Gasteiger partial charge in [0.1, 0.15) is 4.88 Å². The number of pyridine rings is 2. The lowest BCUT2D eigenvalue weighted by Crippen LogP contribution is -2.08. The summed E-state index contributed by atoms with van der Waals surface area (Å²) in [5.41, 5.74) is 9.93. The molecule has 0 amide bonds. The summed E-state index contributed by atoms with van der Waals surface area (Å²) in [5, 5.41) is 14.7. The maximum atomic E-state index is 12.0.